The lowest BCUT2D eigenvalue weighted by Crippen LogP contribution is -2.08. The van der Waals surface area contributed by atoms with E-state index in [-0.39, 0.29) is 4.99 Å². The predicted molar refractivity (Wildman–Crippen MR) is 54.8 cm³/mol. The molecular weight excluding hydrogens is 208 g/mol. The van der Waals surface area contributed by atoms with E-state index in [4.69, 9.17) is 29.6 Å². The molecule has 66 valence electrons. The number of H-pyrrole nitrogens is 1. The Hall–Kier alpha value is -1.20. The number of fused-ring (bicyclic) bond motifs is 1. The lowest BCUT2D eigenvalue weighted by atomic mass is 10.2. The van der Waals surface area contributed by atoms with Crippen LogP contribution in [0, 0.1) is 0 Å². The van der Waals surface area contributed by atoms with Crippen molar-refractivity contribution in [3.63, 3.8) is 0 Å². The minimum Gasteiger partial charge on any atom is -0.389 e. The van der Waals surface area contributed by atoms with Gasteiger partial charge in [-0.25, -0.2) is 9.97 Å². The Kier molecular flexibility index (Phi) is 1.90. The maximum Gasteiger partial charge on any atom is 0.142 e. The van der Waals surface area contributed by atoms with Crippen molar-refractivity contribution in [3.8, 4) is 0 Å². The molecule has 0 aromatic carbocycles. The zero-order valence-corrected chi connectivity index (χ0v) is 7.99. The van der Waals surface area contributed by atoms with E-state index in [1.807, 2.05) is 0 Å². The quantitative estimate of drug-likeness (QED) is 0.552. The van der Waals surface area contributed by atoms with Crippen molar-refractivity contribution in [2.75, 3.05) is 0 Å². The summed E-state index contributed by atoms with van der Waals surface area (Å²) in [6.07, 6.45) is 3.05. The van der Waals surface area contributed by atoms with E-state index in [0.717, 1.165) is 0 Å². The minimum atomic E-state index is 0.281. The fourth-order valence-electron chi connectivity index (χ4n) is 1.12. The van der Waals surface area contributed by atoms with E-state index in [1.165, 1.54) is 6.33 Å². The number of aromatic nitrogens is 3. The van der Waals surface area contributed by atoms with Crippen molar-refractivity contribution in [3.05, 3.63) is 23.2 Å². The van der Waals surface area contributed by atoms with Crippen LogP contribution in [0.25, 0.3) is 11.0 Å². The first kappa shape index (κ1) is 8.40. The third kappa shape index (κ3) is 1.26. The first-order valence-corrected chi connectivity index (χ1v) is 4.26. The first-order chi connectivity index (χ1) is 6.20. The number of nitrogens with two attached hydrogens (primary N) is 1. The number of rotatable bonds is 1. The number of aromatic amines is 1. The molecule has 0 saturated heterocycles. The van der Waals surface area contributed by atoms with Crippen LogP contribution in [0.1, 0.15) is 5.56 Å². The molecule has 0 aliphatic heterocycles. The van der Waals surface area contributed by atoms with Gasteiger partial charge in [-0.2, -0.15) is 0 Å². The van der Waals surface area contributed by atoms with Gasteiger partial charge < -0.3 is 10.7 Å². The van der Waals surface area contributed by atoms with Crippen molar-refractivity contribution in [1.29, 1.82) is 0 Å². The van der Waals surface area contributed by atoms with Gasteiger partial charge in [0.15, 0.2) is 0 Å². The Morgan fingerprint density at radius 1 is 1.54 bits per heavy atom. The summed E-state index contributed by atoms with van der Waals surface area (Å²) in [5, 5.41) is 1.03. The molecule has 0 aliphatic carbocycles. The molecule has 0 bridgehead atoms. The fourth-order valence-corrected chi connectivity index (χ4v) is 1.52. The summed E-state index contributed by atoms with van der Waals surface area (Å²) in [6.45, 7) is 0. The van der Waals surface area contributed by atoms with Gasteiger partial charge in [0.1, 0.15) is 22.1 Å². The van der Waals surface area contributed by atoms with Gasteiger partial charge >= 0.3 is 0 Å². The highest BCUT2D eigenvalue weighted by molar-refractivity contribution is 7.80. The number of hydrogen-bond donors (Lipinski definition) is 2. The molecule has 2 rings (SSSR count). The lowest BCUT2D eigenvalue weighted by molar-refractivity contribution is 1.20. The van der Waals surface area contributed by atoms with Crippen molar-refractivity contribution < 1.29 is 0 Å². The number of nitrogens with zero attached hydrogens (tertiary/aromatic N) is 2. The molecule has 3 N–H and O–H groups in total. The maximum atomic E-state index is 5.86. The Labute approximate surface area is 84.1 Å². The second-order valence-electron chi connectivity index (χ2n) is 2.45. The van der Waals surface area contributed by atoms with Crippen LogP contribution in [0.4, 0.5) is 0 Å². The molecule has 4 nitrogen and oxygen atoms in total. The second kappa shape index (κ2) is 2.93. The van der Waals surface area contributed by atoms with Gasteiger partial charge in [-0.15, -0.1) is 0 Å². The van der Waals surface area contributed by atoms with Gasteiger partial charge in [-0.3, -0.25) is 0 Å². The second-order valence-corrected chi connectivity index (χ2v) is 3.25. The first-order valence-electron chi connectivity index (χ1n) is 3.47. The summed E-state index contributed by atoms with van der Waals surface area (Å²) >= 11 is 10.7. The van der Waals surface area contributed by atoms with Crippen LogP contribution >= 0.6 is 23.8 Å². The highest BCUT2D eigenvalue weighted by Crippen LogP contribution is 2.22. The van der Waals surface area contributed by atoms with E-state index in [9.17, 15) is 0 Å². The molecule has 2 aromatic heterocycles. The van der Waals surface area contributed by atoms with Crippen molar-refractivity contribution in [2.24, 2.45) is 5.73 Å². The standard InChI is InChI=1S/C7H5ClN4S/c8-5-4-3(6(9)13)1-10-7(4)12-2-11-5/h1-2H,(H2,9,13)(H,10,11,12). The molecule has 0 saturated carbocycles. The average Bonchev–Trinajstić information content (AvgIpc) is 2.49. The highest BCUT2D eigenvalue weighted by Gasteiger charge is 2.10. The maximum absolute atomic E-state index is 5.86. The van der Waals surface area contributed by atoms with Crippen molar-refractivity contribution in [2.45, 2.75) is 0 Å². The molecule has 0 amide bonds. The zero-order chi connectivity index (χ0) is 9.42. The molecule has 2 heterocycles. The third-order valence-corrected chi connectivity index (χ3v) is 2.20. The molecule has 0 aliphatic rings. The smallest absolute Gasteiger partial charge is 0.142 e. The Morgan fingerprint density at radius 3 is 3.00 bits per heavy atom. The number of hydrogen-bond acceptors (Lipinski definition) is 3. The fraction of sp³-hybridized carbons (Fsp3) is 0. The number of nitrogens with one attached hydrogen (secondary N) is 1. The van der Waals surface area contributed by atoms with Crippen LogP contribution in [0.15, 0.2) is 12.5 Å². The van der Waals surface area contributed by atoms with Crippen molar-refractivity contribution in [1.82, 2.24) is 15.0 Å². The summed E-state index contributed by atoms with van der Waals surface area (Å²) in [7, 11) is 0. The van der Waals surface area contributed by atoms with Crippen LogP contribution in [-0.4, -0.2) is 19.9 Å². The van der Waals surface area contributed by atoms with E-state index in [0.29, 0.717) is 21.7 Å². The van der Waals surface area contributed by atoms with Crippen molar-refractivity contribution >= 4 is 39.8 Å². The molecule has 0 unspecified atom stereocenters. The monoisotopic (exact) mass is 212 g/mol. The van der Waals surface area contributed by atoms with Gasteiger partial charge in [-0.05, 0) is 0 Å². The topological polar surface area (TPSA) is 67.6 Å². The number of halogens is 1. The largest absolute Gasteiger partial charge is 0.389 e. The third-order valence-electron chi connectivity index (χ3n) is 1.69. The molecule has 2 aromatic rings. The Balaban J connectivity index is 2.86. The van der Waals surface area contributed by atoms with E-state index in [1.54, 1.807) is 6.20 Å². The van der Waals surface area contributed by atoms with Crippen LogP contribution in [-0.2, 0) is 0 Å². The summed E-state index contributed by atoms with van der Waals surface area (Å²) < 4.78 is 0. The normalized spacial score (nSPS) is 10.5. The van der Waals surface area contributed by atoms with Gasteiger partial charge in [0.2, 0.25) is 0 Å². The Bertz CT molecular complexity index is 478. The SMILES string of the molecule is NC(=S)c1c[nH]c2ncnc(Cl)c12. The van der Waals surface area contributed by atoms with Gasteiger partial charge in [0.05, 0.1) is 5.39 Å². The Morgan fingerprint density at radius 2 is 2.31 bits per heavy atom. The van der Waals surface area contributed by atoms with Crippen LogP contribution in [0.3, 0.4) is 0 Å². The molecule has 0 atom stereocenters. The number of thiocarbonyl (C=S) groups is 1. The summed E-state index contributed by atoms with van der Waals surface area (Å²) in [4.78, 5) is 11.0. The molecular formula is C7H5ClN4S. The van der Waals surface area contributed by atoms with Crippen LogP contribution in [0.2, 0.25) is 5.15 Å². The zero-order valence-electron chi connectivity index (χ0n) is 6.41. The molecule has 0 radical (unpaired) electrons. The summed E-state index contributed by atoms with van der Waals surface area (Å²) in [5.74, 6) is 0. The minimum absolute atomic E-state index is 0.281. The van der Waals surface area contributed by atoms with Crippen LogP contribution in [0.5, 0.6) is 0 Å². The lowest BCUT2D eigenvalue weighted by Gasteiger charge is -1.95. The van der Waals surface area contributed by atoms with E-state index in [2.05, 4.69) is 15.0 Å². The molecule has 13 heavy (non-hydrogen) atoms. The van der Waals surface area contributed by atoms with Gasteiger partial charge in [-0.1, -0.05) is 23.8 Å². The summed E-state index contributed by atoms with van der Waals surface area (Å²) in [6, 6.07) is 0. The molecule has 6 heteroatoms. The predicted octanol–water partition coefficient (Wildman–Crippen LogP) is 1.25. The van der Waals surface area contributed by atoms with E-state index < -0.39 is 0 Å². The van der Waals surface area contributed by atoms with E-state index >= 15 is 0 Å². The average molecular weight is 213 g/mol. The highest BCUT2D eigenvalue weighted by atomic mass is 35.5. The molecule has 0 spiro atoms. The van der Waals surface area contributed by atoms with Gasteiger partial charge in [0, 0.05) is 11.8 Å². The van der Waals surface area contributed by atoms with Gasteiger partial charge in [0.25, 0.3) is 0 Å². The van der Waals surface area contributed by atoms with Crippen LogP contribution < -0.4 is 5.73 Å². The summed E-state index contributed by atoms with van der Waals surface area (Å²) in [5.41, 5.74) is 6.81. The molecule has 0 fully saturated rings.